The maximum atomic E-state index is 11.6. The molecule has 0 fully saturated rings. The summed E-state index contributed by atoms with van der Waals surface area (Å²) in [6.07, 6.45) is 1.69. The van der Waals surface area contributed by atoms with E-state index in [1.54, 1.807) is 25.3 Å². The molecule has 1 aromatic carbocycles. The highest BCUT2D eigenvalue weighted by molar-refractivity contribution is 5.96. The summed E-state index contributed by atoms with van der Waals surface area (Å²) in [5, 5.41) is 0. The predicted octanol–water partition coefficient (Wildman–Crippen LogP) is 1.15. The third-order valence-electron chi connectivity index (χ3n) is 3.38. The molecular weight excluding hydrogens is 340 g/mol. The monoisotopic (exact) mass is 370 g/mol. The van der Waals surface area contributed by atoms with Gasteiger partial charge in [-0.1, -0.05) is 12.1 Å². The van der Waals surface area contributed by atoms with Crippen molar-refractivity contribution in [2.45, 2.75) is 12.8 Å². The normalized spacial score (nSPS) is 10.7. The number of amides is 1. The van der Waals surface area contributed by atoms with E-state index >= 15 is 0 Å². The number of nitrogens with two attached hydrogens (primary N) is 1. The van der Waals surface area contributed by atoms with Crippen molar-refractivity contribution in [2.24, 2.45) is 5.84 Å². The van der Waals surface area contributed by atoms with Gasteiger partial charge in [0.05, 0.1) is 51.8 Å². The molecule has 0 heterocycles. The van der Waals surface area contributed by atoms with E-state index in [1.165, 1.54) is 0 Å². The molecule has 1 rings (SSSR count). The number of rotatable bonds is 16. The van der Waals surface area contributed by atoms with Gasteiger partial charge in [-0.2, -0.15) is 0 Å². The summed E-state index contributed by atoms with van der Waals surface area (Å²) in [6, 6.07) is 6.99. The summed E-state index contributed by atoms with van der Waals surface area (Å²) < 4.78 is 26.7. The smallest absolute Gasteiger partial charge is 0.268 e. The van der Waals surface area contributed by atoms with E-state index in [4.69, 9.17) is 29.5 Å². The van der Waals surface area contributed by atoms with Gasteiger partial charge in [0, 0.05) is 13.7 Å². The summed E-state index contributed by atoms with van der Waals surface area (Å²) in [4.78, 5) is 11.6. The lowest BCUT2D eigenvalue weighted by atomic mass is 10.2. The van der Waals surface area contributed by atoms with E-state index in [0.29, 0.717) is 64.2 Å². The Morgan fingerprint density at radius 1 is 0.885 bits per heavy atom. The molecule has 0 aliphatic heterocycles. The third-order valence-corrected chi connectivity index (χ3v) is 3.38. The molecule has 8 nitrogen and oxygen atoms in total. The minimum atomic E-state index is -0.368. The van der Waals surface area contributed by atoms with E-state index in [9.17, 15) is 4.79 Å². The van der Waals surface area contributed by atoms with Crippen molar-refractivity contribution >= 4 is 5.91 Å². The molecule has 8 heteroatoms. The van der Waals surface area contributed by atoms with Crippen LogP contribution in [0.3, 0.4) is 0 Å². The van der Waals surface area contributed by atoms with Crippen molar-refractivity contribution in [1.82, 2.24) is 5.43 Å². The summed E-state index contributed by atoms with van der Waals surface area (Å²) in [7, 11) is 1.64. The molecule has 3 N–H and O–H groups in total. The minimum absolute atomic E-state index is 0.368. The quantitative estimate of drug-likeness (QED) is 0.195. The maximum absolute atomic E-state index is 11.6. The van der Waals surface area contributed by atoms with Crippen LogP contribution in [0.5, 0.6) is 5.75 Å². The van der Waals surface area contributed by atoms with Gasteiger partial charge in [0.25, 0.3) is 5.91 Å². The molecule has 0 aromatic heterocycles. The fourth-order valence-electron chi connectivity index (χ4n) is 2.03. The molecule has 1 aromatic rings. The van der Waals surface area contributed by atoms with Gasteiger partial charge in [-0.15, -0.1) is 0 Å². The highest BCUT2D eigenvalue weighted by atomic mass is 16.6. The van der Waals surface area contributed by atoms with Gasteiger partial charge in [-0.25, -0.2) is 5.84 Å². The molecule has 26 heavy (non-hydrogen) atoms. The van der Waals surface area contributed by atoms with E-state index in [0.717, 1.165) is 12.8 Å². The van der Waals surface area contributed by atoms with Crippen LogP contribution < -0.4 is 16.0 Å². The molecule has 1 amide bonds. The molecule has 0 atom stereocenters. The highest BCUT2D eigenvalue weighted by Gasteiger charge is 2.10. The van der Waals surface area contributed by atoms with Gasteiger partial charge in [-0.3, -0.25) is 10.2 Å². The van der Waals surface area contributed by atoms with Crippen LogP contribution >= 0.6 is 0 Å². The number of carbonyl (C=O) groups excluding carboxylic acids is 1. The number of nitrogen functional groups attached to an aromatic ring is 1. The number of methoxy groups -OCH3 is 1. The first-order chi connectivity index (χ1) is 12.8. The average Bonchev–Trinajstić information content (AvgIpc) is 2.68. The molecule has 0 bridgehead atoms. The number of hydrogen-bond acceptors (Lipinski definition) is 7. The van der Waals surface area contributed by atoms with Gasteiger partial charge >= 0.3 is 0 Å². The second kappa shape index (κ2) is 15.5. The molecule has 0 saturated carbocycles. The third kappa shape index (κ3) is 10.3. The zero-order valence-corrected chi connectivity index (χ0v) is 15.4. The molecule has 0 spiro atoms. The fourth-order valence-corrected chi connectivity index (χ4v) is 2.03. The van der Waals surface area contributed by atoms with Gasteiger partial charge in [0.1, 0.15) is 5.75 Å². The van der Waals surface area contributed by atoms with E-state index < -0.39 is 0 Å². The second-order valence-electron chi connectivity index (χ2n) is 5.36. The number of hydrazine groups is 1. The Balaban J connectivity index is 1.95. The lowest BCUT2D eigenvalue weighted by molar-refractivity contribution is 0.00305. The summed E-state index contributed by atoms with van der Waals surface area (Å²) in [5.41, 5.74) is 2.53. The highest BCUT2D eigenvalue weighted by Crippen LogP contribution is 2.17. The van der Waals surface area contributed by atoms with E-state index in [2.05, 4.69) is 5.43 Å². The van der Waals surface area contributed by atoms with E-state index in [-0.39, 0.29) is 5.91 Å². The largest absolute Gasteiger partial charge is 0.493 e. The second-order valence-corrected chi connectivity index (χ2v) is 5.36. The zero-order valence-electron chi connectivity index (χ0n) is 15.4. The van der Waals surface area contributed by atoms with Crippen LogP contribution in [0.4, 0.5) is 0 Å². The molecular formula is C18H30N2O6. The molecule has 0 aliphatic carbocycles. The number of ether oxygens (including phenoxy) is 5. The fraction of sp³-hybridized carbons (Fsp3) is 0.611. The Labute approximate surface area is 154 Å². The van der Waals surface area contributed by atoms with Crippen molar-refractivity contribution in [3.63, 3.8) is 0 Å². The Hall–Kier alpha value is -1.71. The molecule has 0 radical (unpaired) electrons. The van der Waals surface area contributed by atoms with Crippen LogP contribution in [-0.4, -0.2) is 65.9 Å². The van der Waals surface area contributed by atoms with Crippen LogP contribution in [0.15, 0.2) is 24.3 Å². The summed E-state index contributed by atoms with van der Waals surface area (Å²) in [6.45, 7) is 4.54. The first-order valence-electron chi connectivity index (χ1n) is 8.74. The zero-order chi connectivity index (χ0) is 18.9. The summed E-state index contributed by atoms with van der Waals surface area (Å²) in [5.74, 6) is 5.32. The van der Waals surface area contributed by atoms with Gasteiger partial charge < -0.3 is 23.7 Å². The van der Waals surface area contributed by atoms with Crippen molar-refractivity contribution in [1.29, 1.82) is 0 Å². The first kappa shape index (κ1) is 22.3. The number of para-hydroxylation sites is 1. The Kier molecular flexibility index (Phi) is 13.3. The topological polar surface area (TPSA) is 101 Å². The van der Waals surface area contributed by atoms with Gasteiger partial charge in [0.15, 0.2) is 0 Å². The first-order valence-corrected chi connectivity index (χ1v) is 8.74. The Morgan fingerprint density at radius 3 is 2.12 bits per heavy atom. The lowest BCUT2D eigenvalue weighted by Crippen LogP contribution is -2.30. The van der Waals surface area contributed by atoms with Crippen LogP contribution in [-0.2, 0) is 18.9 Å². The van der Waals surface area contributed by atoms with Crippen LogP contribution in [0.25, 0.3) is 0 Å². The number of nitrogens with one attached hydrogen (secondary N) is 1. The SMILES string of the molecule is COCCOCCOCCOCCCCOc1ccccc1C(=O)NN. The van der Waals surface area contributed by atoms with Crippen molar-refractivity contribution in [3.05, 3.63) is 29.8 Å². The standard InChI is InChI=1S/C18H30N2O6/c1-22-10-11-24-14-15-25-13-12-23-8-4-5-9-26-17-7-3-2-6-16(17)18(21)20-19/h2-3,6-7H,4-5,8-15,19H2,1H3,(H,20,21). The average molecular weight is 370 g/mol. The molecule has 0 unspecified atom stereocenters. The predicted molar refractivity (Wildman–Crippen MR) is 97.2 cm³/mol. The van der Waals surface area contributed by atoms with Crippen molar-refractivity contribution in [3.8, 4) is 5.75 Å². The molecule has 148 valence electrons. The summed E-state index contributed by atoms with van der Waals surface area (Å²) >= 11 is 0. The van der Waals surface area contributed by atoms with E-state index in [1.807, 2.05) is 6.07 Å². The minimum Gasteiger partial charge on any atom is -0.493 e. The number of carbonyl (C=O) groups is 1. The van der Waals surface area contributed by atoms with Crippen LogP contribution in [0.2, 0.25) is 0 Å². The lowest BCUT2D eigenvalue weighted by Gasteiger charge is -2.10. The van der Waals surface area contributed by atoms with Crippen molar-refractivity contribution < 1.29 is 28.5 Å². The Morgan fingerprint density at radius 2 is 1.46 bits per heavy atom. The number of unbranched alkanes of at least 4 members (excludes halogenated alkanes) is 1. The van der Waals surface area contributed by atoms with Gasteiger partial charge in [-0.05, 0) is 25.0 Å². The molecule has 0 saturated heterocycles. The Bertz CT molecular complexity index is 487. The number of benzene rings is 1. The molecule has 0 aliphatic rings. The van der Waals surface area contributed by atoms with Crippen molar-refractivity contribution in [2.75, 3.05) is 60.0 Å². The maximum Gasteiger partial charge on any atom is 0.268 e. The van der Waals surface area contributed by atoms with Crippen LogP contribution in [0.1, 0.15) is 23.2 Å². The number of hydrogen-bond donors (Lipinski definition) is 2. The van der Waals surface area contributed by atoms with Gasteiger partial charge in [0.2, 0.25) is 0 Å². The van der Waals surface area contributed by atoms with Crippen LogP contribution in [0, 0.1) is 0 Å².